The Labute approximate surface area is 111 Å². The van der Waals surface area contributed by atoms with Gasteiger partial charge in [0.15, 0.2) is 0 Å². The largest absolute Gasteiger partial charge is 0.370 e. The highest BCUT2D eigenvalue weighted by Crippen LogP contribution is 2.21. The van der Waals surface area contributed by atoms with Crippen LogP contribution in [0.1, 0.15) is 25.3 Å². The van der Waals surface area contributed by atoms with E-state index >= 15 is 0 Å². The standard InChI is InChI=1S/C12H19N5O2/c13-10(8-11(14)18)12(19)16-6-2-9(3-7-16)17-5-1-4-15-17/h1,4-5,9-10H,2-3,6-8,13H2,(H2,14,18)/t10-/m0/s1. The first-order chi connectivity index (χ1) is 9.08. The Hall–Kier alpha value is -1.89. The lowest BCUT2D eigenvalue weighted by Gasteiger charge is -2.33. The van der Waals surface area contributed by atoms with Gasteiger partial charge in [0, 0.05) is 25.5 Å². The van der Waals surface area contributed by atoms with Gasteiger partial charge in [-0.25, -0.2) is 0 Å². The molecule has 0 aliphatic carbocycles. The van der Waals surface area contributed by atoms with Gasteiger partial charge in [-0.3, -0.25) is 14.3 Å². The van der Waals surface area contributed by atoms with Gasteiger partial charge in [0.05, 0.1) is 18.5 Å². The first-order valence-corrected chi connectivity index (χ1v) is 6.39. The Kier molecular flexibility index (Phi) is 4.16. The van der Waals surface area contributed by atoms with Gasteiger partial charge in [-0.05, 0) is 18.9 Å². The summed E-state index contributed by atoms with van der Waals surface area (Å²) in [5.74, 6) is -0.745. The number of carbonyl (C=O) groups is 2. The number of amides is 2. The summed E-state index contributed by atoms with van der Waals surface area (Å²) in [5.41, 5.74) is 10.7. The van der Waals surface area contributed by atoms with Gasteiger partial charge >= 0.3 is 0 Å². The molecule has 0 spiro atoms. The first-order valence-electron chi connectivity index (χ1n) is 6.39. The highest BCUT2D eigenvalue weighted by Gasteiger charge is 2.27. The molecule has 4 N–H and O–H groups in total. The Balaban J connectivity index is 1.86. The molecule has 0 unspecified atom stereocenters. The fraction of sp³-hybridized carbons (Fsp3) is 0.583. The Bertz CT molecular complexity index is 437. The molecule has 7 nitrogen and oxygen atoms in total. The Morgan fingerprint density at radius 3 is 2.58 bits per heavy atom. The molecular formula is C12H19N5O2. The Morgan fingerprint density at radius 1 is 1.37 bits per heavy atom. The van der Waals surface area contributed by atoms with E-state index in [2.05, 4.69) is 5.10 Å². The van der Waals surface area contributed by atoms with E-state index in [-0.39, 0.29) is 12.3 Å². The van der Waals surface area contributed by atoms with Crippen LogP contribution < -0.4 is 11.5 Å². The molecule has 1 atom stereocenters. The van der Waals surface area contributed by atoms with Crippen LogP contribution in [0.5, 0.6) is 0 Å². The van der Waals surface area contributed by atoms with Crippen LogP contribution in [-0.4, -0.2) is 45.6 Å². The van der Waals surface area contributed by atoms with Crippen molar-refractivity contribution in [3.8, 4) is 0 Å². The van der Waals surface area contributed by atoms with Gasteiger partial charge in [0.2, 0.25) is 11.8 Å². The number of primary amides is 1. The van der Waals surface area contributed by atoms with Crippen molar-refractivity contribution in [3.63, 3.8) is 0 Å². The summed E-state index contributed by atoms with van der Waals surface area (Å²) in [6.45, 7) is 1.27. The molecule has 2 amide bonds. The minimum absolute atomic E-state index is 0.0993. The molecule has 1 aliphatic heterocycles. The van der Waals surface area contributed by atoms with Crippen molar-refractivity contribution in [2.24, 2.45) is 11.5 Å². The van der Waals surface area contributed by atoms with Crippen molar-refractivity contribution in [3.05, 3.63) is 18.5 Å². The van der Waals surface area contributed by atoms with E-state index in [4.69, 9.17) is 11.5 Å². The third kappa shape index (κ3) is 3.31. The van der Waals surface area contributed by atoms with Gasteiger partial charge < -0.3 is 16.4 Å². The van der Waals surface area contributed by atoms with Gasteiger partial charge in [-0.1, -0.05) is 0 Å². The second-order valence-corrected chi connectivity index (χ2v) is 4.82. The van der Waals surface area contributed by atoms with E-state index in [1.807, 2.05) is 16.9 Å². The van der Waals surface area contributed by atoms with Crippen molar-refractivity contribution < 1.29 is 9.59 Å². The molecule has 1 fully saturated rings. The van der Waals surface area contributed by atoms with E-state index in [0.29, 0.717) is 19.1 Å². The summed E-state index contributed by atoms with van der Waals surface area (Å²) in [6, 6.07) is 1.39. The molecule has 0 bridgehead atoms. The van der Waals surface area contributed by atoms with Gasteiger partial charge in [0.1, 0.15) is 0 Å². The third-order valence-corrected chi connectivity index (χ3v) is 3.41. The predicted octanol–water partition coefficient (Wildman–Crippen LogP) is -0.751. The highest BCUT2D eigenvalue weighted by molar-refractivity contribution is 5.87. The number of rotatable bonds is 4. The zero-order chi connectivity index (χ0) is 13.8. The molecule has 0 aromatic carbocycles. The van der Waals surface area contributed by atoms with Crippen molar-refractivity contribution in [1.82, 2.24) is 14.7 Å². The predicted molar refractivity (Wildman–Crippen MR) is 68.9 cm³/mol. The quantitative estimate of drug-likeness (QED) is 0.746. The van der Waals surface area contributed by atoms with Crippen molar-refractivity contribution in [2.75, 3.05) is 13.1 Å². The maximum Gasteiger partial charge on any atom is 0.240 e. The molecule has 1 saturated heterocycles. The lowest BCUT2D eigenvalue weighted by Crippen LogP contribution is -2.48. The SMILES string of the molecule is NC(=O)C[C@H](N)C(=O)N1CCC(n2cccn2)CC1. The molecular weight excluding hydrogens is 246 g/mol. The number of likely N-dealkylation sites (tertiary alicyclic amines) is 1. The van der Waals surface area contributed by atoms with Crippen molar-refractivity contribution >= 4 is 11.8 Å². The number of hydrogen-bond donors (Lipinski definition) is 2. The average molecular weight is 265 g/mol. The molecule has 104 valence electrons. The fourth-order valence-corrected chi connectivity index (χ4v) is 2.39. The molecule has 7 heteroatoms. The van der Waals surface area contributed by atoms with Crippen LogP contribution >= 0.6 is 0 Å². The van der Waals surface area contributed by atoms with E-state index < -0.39 is 11.9 Å². The number of aromatic nitrogens is 2. The zero-order valence-electron chi connectivity index (χ0n) is 10.7. The van der Waals surface area contributed by atoms with Gasteiger partial charge in [-0.15, -0.1) is 0 Å². The summed E-state index contributed by atoms with van der Waals surface area (Å²) in [4.78, 5) is 24.5. The van der Waals surface area contributed by atoms with Crippen LogP contribution in [0.2, 0.25) is 0 Å². The van der Waals surface area contributed by atoms with E-state index in [1.54, 1.807) is 11.1 Å². The lowest BCUT2D eigenvalue weighted by molar-refractivity contribution is -0.135. The van der Waals surface area contributed by atoms with Crippen LogP contribution in [0, 0.1) is 0 Å². The lowest BCUT2D eigenvalue weighted by atomic mass is 10.0. The number of piperidine rings is 1. The summed E-state index contributed by atoms with van der Waals surface area (Å²) in [5, 5.41) is 4.21. The Morgan fingerprint density at radius 2 is 2.05 bits per heavy atom. The van der Waals surface area contributed by atoms with Gasteiger partial charge in [0.25, 0.3) is 0 Å². The zero-order valence-corrected chi connectivity index (χ0v) is 10.7. The van der Waals surface area contributed by atoms with Crippen LogP contribution in [0.3, 0.4) is 0 Å². The van der Waals surface area contributed by atoms with Crippen LogP contribution in [0.15, 0.2) is 18.5 Å². The monoisotopic (exact) mass is 265 g/mol. The molecule has 1 aromatic heterocycles. The summed E-state index contributed by atoms with van der Waals surface area (Å²) in [7, 11) is 0. The molecule has 0 saturated carbocycles. The van der Waals surface area contributed by atoms with Crippen molar-refractivity contribution in [2.45, 2.75) is 31.3 Å². The topological polar surface area (TPSA) is 107 Å². The molecule has 1 aliphatic rings. The van der Waals surface area contributed by atoms with Crippen LogP contribution in [0.25, 0.3) is 0 Å². The molecule has 2 rings (SSSR count). The van der Waals surface area contributed by atoms with Crippen LogP contribution in [-0.2, 0) is 9.59 Å². The van der Waals surface area contributed by atoms with E-state index in [1.165, 1.54) is 0 Å². The van der Waals surface area contributed by atoms with Crippen molar-refractivity contribution in [1.29, 1.82) is 0 Å². The first kappa shape index (κ1) is 13.5. The minimum atomic E-state index is -0.821. The van der Waals surface area contributed by atoms with E-state index in [9.17, 15) is 9.59 Å². The summed E-state index contributed by atoms with van der Waals surface area (Å²) in [6.07, 6.45) is 5.27. The number of hydrogen-bond acceptors (Lipinski definition) is 4. The molecule has 0 radical (unpaired) electrons. The third-order valence-electron chi connectivity index (χ3n) is 3.41. The number of nitrogens with two attached hydrogens (primary N) is 2. The number of carbonyl (C=O) groups excluding carboxylic acids is 2. The summed E-state index contributed by atoms with van der Waals surface area (Å²) >= 11 is 0. The minimum Gasteiger partial charge on any atom is -0.370 e. The molecule has 1 aromatic rings. The normalized spacial score (nSPS) is 18.3. The maximum absolute atomic E-state index is 12.0. The fourth-order valence-electron chi connectivity index (χ4n) is 2.39. The second kappa shape index (κ2) is 5.83. The number of nitrogens with zero attached hydrogens (tertiary/aromatic N) is 3. The van der Waals surface area contributed by atoms with Crippen LogP contribution in [0.4, 0.5) is 0 Å². The molecule has 2 heterocycles. The molecule has 19 heavy (non-hydrogen) atoms. The second-order valence-electron chi connectivity index (χ2n) is 4.82. The van der Waals surface area contributed by atoms with E-state index in [0.717, 1.165) is 12.8 Å². The summed E-state index contributed by atoms with van der Waals surface area (Å²) < 4.78 is 1.92. The highest BCUT2D eigenvalue weighted by atomic mass is 16.2. The maximum atomic E-state index is 12.0. The average Bonchev–Trinajstić information content (AvgIpc) is 2.91. The van der Waals surface area contributed by atoms with Gasteiger partial charge in [-0.2, -0.15) is 5.10 Å². The smallest absolute Gasteiger partial charge is 0.240 e.